The van der Waals surface area contributed by atoms with Crippen molar-refractivity contribution in [2.45, 2.75) is 19.0 Å². The van der Waals surface area contributed by atoms with Crippen LogP contribution in [0, 0.1) is 13.8 Å². The highest BCUT2D eigenvalue weighted by Crippen LogP contribution is 2.27. The van der Waals surface area contributed by atoms with Gasteiger partial charge in [-0.25, -0.2) is 4.98 Å². The molecule has 7 nitrogen and oxygen atoms in total. The van der Waals surface area contributed by atoms with Crippen molar-refractivity contribution in [1.29, 1.82) is 0 Å². The van der Waals surface area contributed by atoms with E-state index in [-0.39, 0.29) is 17.5 Å². The lowest BCUT2D eigenvalue weighted by molar-refractivity contribution is -0.113. The summed E-state index contributed by atoms with van der Waals surface area (Å²) in [5, 5.41) is 3.72. The van der Waals surface area contributed by atoms with Gasteiger partial charge in [-0.3, -0.25) is 14.2 Å². The van der Waals surface area contributed by atoms with Crippen LogP contribution >= 0.6 is 23.1 Å². The molecule has 0 radical (unpaired) electrons. The van der Waals surface area contributed by atoms with Gasteiger partial charge >= 0.3 is 0 Å². The molecule has 0 aliphatic heterocycles. The lowest BCUT2D eigenvalue weighted by atomic mass is 10.2. The number of nitrogen functional groups attached to an aromatic ring is 1. The Balaban J connectivity index is 1.53. The predicted octanol–water partition coefficient (Wildman–Crippen LogP) is 3.77. The van der Waals surface area contributed by atoms with E-state index in [2.05, 4.69) is 15.3 Å². The van der Waals surface area contributed by atoms with E-state index in [9.17, 15) is 9.59 Å². The van der Waals surface area contributed by atoms with E-state index in [0.717, 1.165) is 38.8 Å². The molecule has 3 N–H and O–H groups in total. The molecule has 0 unspecified atom stereocenters. The van der Waals surface area contributed by atoms with Crippen molar-refractivity contribution in [2.24, 2.45) is 0 Å². The van der Waals surface area contributed by atoms with Gasteiger partial charge in [0.15, 0.2) is 10.3 Å². The fourth-order valence-corrected chi connectivity index (χ4v) is 4.71. The van der Waals surface area contributed by atoms with Gasteiger partial charge in [0.2, 0.25) is 5.91 Å². The molecule has 0 aliphatic rings. The van der Waals surface area contributed by atoms with Crippen molar-refractivity contribution in [2.75, 3.05) is 16.8 Å². The maximum Gasteiger partial charge on any atom is 0.275 e. The number of thioether (sulfide) groups is 1. The molecule has 2 heterocycles. The minimum absolute atomic E-state index is 0.0662. The second kappa shape index (κ2) is 8.29. The fourth-order valence-electron chi connectivity index (χ4n) is 2.90. The minimum Gasteiger partial charge on any atom is -0.385 e. The maximum absolute atomic E-state index is 12.5. The first kappa shape index (κ1) is 20.1. The van der Waals surface area contributed by atoms with Gasteiger partial charge in [-0.15, -0.1) is 0 Å². The van der Waals surface area contributed by atoms with Crippen LogP contribution in [0.3, 0.4) is 0 Å². The van der Waals surface area contributed by atoms with E-state index in [1.165, 1.54) is 17.4 Å². The second-order valence-electron chi connectivity index (χ2n) is 6.80. The molecule has 0 aliphatic carbocycles. The molecule has 152 valence electrons. The number of hydrogen-bond acceptors (Lipinski definition) is 7. The number of nitrogens with zero attached hydrogens (tertiary/aromatic N) is 3. The molecule has 4 rings (SSSR count). The number of rotatable bonds is 5. The summed E-state index contributed by atoms with van der Waals surface area (Å²) in [6.07, 6.45) is 0. The quantitative estimate of drug-likeness (QED) is 0.364. The number of aryl methyl sites for hydroxylation is 2. The summed E-state index contributed by atoms with van der Waals surface area (Å²) < 4.78 is 2.68. The van der Waals surface area contributed by atoms with Crippen LogP contribution in [-0.4, -0.2) is 26.2 Å². The average Bonchev–Trinajstić information content (AvgIpc) is 3.08. The van der Waals surface area contributed by atoms with Gasteiger partial charge in [0.25, 0.3) is 5.56 Å². The number of fused-ring (bicyclic) bond motifs is 1. The molecule has 0 atom stereocenters. The highest BCUT2D eigenvalue weighted by molar-refractivity contribution is 7.99. The van der Waals surface area contributed by atoms with Crippen LogP contribution in [0.2, 0.25) is 0 Å². The van der Waals surface area contributed by atoms with Crippen LogP contribution in [-0.2, 0) is 4.79 Å². The van der Waals surface area contributed by atoms with Crippen molar-refractivity contribution in [3.05, 3.63) is 70.0 Å². The lowest BCUT2D eigenvalue weighted by Gasteiger charge is -2.14. The molecule has 30 heavy (non-hydrogen) atoms. The monoisotopic (exact) mass is 437 g/mol. The highest BCUT2D eigenvalue weighted by Gasteiger charge is 2.14. The summed E-state index contributed by atoms with van der Waals surface area (Å²) >= 11 is 2.57. The number of nitrogens with two attached hydrogens (primary N) is 1. The number of carbonyl (C=O) groups is 1. The Morgan fingerprint density at radius 2 is 1.83 bits per heavy atom. The number of thiazole rings is 1. The molecule has 0 saturated heterocycles. The largest absolute Gasteiger partial charge is 0.385 e. The van der Waals surface area contributed by atoms with Crippen LogP contribution in [0.4, 0.5) is 10.9 Å². The van der Waals surface area contributed by atoms with Gasteiger partial charge < -0.3 is 11.1 Å². The molecule has 2 aromatic carbocycles. The first-order valence-electron chi connectivity index (χ1n) is 9.15. The zero-order valence-corrected chi connectivity index (χ0v) is 18.0. The number of aromatic nitrogens is 3. The maximum atomic E-state index is 12.5. The summed E-state index contributed by atoms with van der Waals surface area (Å²) in [6.45, 7) is 4.00. The number of hydrogen-bond donors (Lipinski definition) is 2. The van der Waals surface area contributed by atoms with Gasteiger partial charge in [-0.2, -0.15) is 4.98 Å². The van der Waals surface area contributed by atoms with Crippen LogP contribution in [0.5, 0.6) is 0 Å². The standard InChI is InChI=1S/C21H19N5O2S2/c1-12-3-6-14(7-4-12)26-17(22)10-18(27)25-21(26)29-11-19(28)24-20-23-15-8-5-13(2)9-16(15)30-20/h3-10H,11,22H2,1-2H3,(H,23,24,28). The van der Waals surface area contributed by atoms with E-state index in [0.29, 0.717) is 10.3 Å². The molecule has 0 spiro atoms. The normalized spacial score (nSPS) is 11.0. The molecule has 1 amide bonds. The van der Waals surface area contributed by atoms with Crippen LogP contribution in [0.15, 0.2) is 58.5 Å². The third kappa shape index (κ3) is 4.37. The summed E-state index contributed by atoms with van der Waals surface area (Å²) in [6, 6.07) is 14.9. The van der Waals surface area contributed by atoms with Crippen molar-refractivity contribution < 1.29 is 4.79 Å². The third-order valence-corrected chi connectivity index (χ3v) is 6.21. The summed E-state index contributed by atoms with van der Waals surface area (Å²) in [5.74, 6) is 0.0997. The zero-order chi connectivity index (χ0) is 21.3. The van der Waals surface area contributed by atoms with E-state index in [4.69, 9.17) is 5.73 Å². The van der Waals surface area contributed by atoms with E-state index < -0.39 is 5.56 Å². The van der Waals surface area contributed by atoms with Crippen molar-refractivity contribution in [3.63, 3.8) is 0 Å². The topological polar surface area (TPSA) is 103 Å². The van der Waals surface area contributed by atoms with Gasteiger partial charge in [-0.05, 0) is 43.7 Å². The molecule has 9 heteroatoms. The van der Waals surface area contributed by atoms with Gasteiger partial charge in [0.05, 0.1) is 16.0 Å². The number of nitrogens with one attached hydrogen (secondary N) is 1. The van der Waals surface area contributed by atoms with Crippen LogP contribution < -0.4 is 16.6 Å². The van der Waals surface area contributed by atoms with Crippen molar-refractivity contribution in [1.82, 2.24) is 14.5 Å². The molecular weight excluding hydrogens is 418 g/mol. The first-order valence-corrected chi connectivity index (χ1v) is 11.0. The molecule has 0 saturated carbocycles. The first-order chi connectivity index (χ1) is 14.4. The number of benzene rings is 2. The van der Waals surface area contributed by atoms with Gasteiger partial charge in [0, 0.05) is 11.8 Å². The van der Waals surface area contributed by atoms with E-state index in [1.807, 2.05) is 56.3 Å². The Hall–Kier alpha value is -3.17. The lowest BCUT2D eigenvalue weighted by Crippen LogP contribution is -2.19. The molecule has 0 bridgehead atoms. The number of carbonyl (C=O) groups excluding carboxylic acids is 1. The molecule has 0 fully saturated rings. The fraction of sp³-hybridized carbons (Fsp3) is 0.143. The molecule has 2 aromatic heterocycles. The molecular formula is C21H19N5O2S2. The Kier molecular flexibility index (Phi) is 5.56. The van der Waals surface area contributed by atoms with Gasteiger partial charge in [0.1, 0.15) is 5.82 Å². The summed E-state index contributed by atoms with van der Waals surface area (Å²) in [5.41, 5.74) is 9.50. The van der Waals surface area contributed by atoms with Crippen LogP contribution in [0.25, 0.3) is 15.9 Å². The van der Waals surface area contributed by atoms with E-state index >= 15 is 0 Å². The second-order valence-corrected chi connectivity index (χ2v) is 8.77. The smallest absolute Gasteiger partial charge is 0.275 e. The SMILES string of the molecule is Cc1ccc(-n2c(N)cc(=O)nc2SCC(=O)Nc2nc3ccc(C)cc3s2)cc1. The third-order valence-electron chi connectivity index (χ3n) is 4.34. The van der Waals surface area contributed by atoms with Gasteiger partial charge in [-0.1, -0.05) is 46.9 Å². The number of amides is 1. The van der Waals surface area contributed by atoms with Crippen LogP contribution in [0.1, 0.15) is 11.1 Å². The Morgan fingerprint density at radius 3 is 2.60 bits per heavy atom. The molecule has 4 aromatic rings. The van der Waals surface area contributed by atoms with E-state index in [1.54, 1.807) is 4.57 Å². The average molecular weight is 438 g/mol. The van der Waals surface area contributed by atoms with Crippen molar-refractivity contribution in [3.8, 4) is 5.69 Å². The Bertz CT molecular complexity index is 1300. The zero-order valence-electron chi connectivity index (χ0n) is 16.4. The summed E-state index contributed by atoms with van der Waals surface area (Å²) in [4.78, 5) is 32.9. The number of anilines is 2. The van der Waals surface area contributed by atoms with Crippen molar-refractivity contribution >= 4 is 50.2 Å². The predicted molar refractivity (Wildman–Crippen MR) is 123 cm³/mol. The Morgan fingerprint density at radius 1 is 1.10 bits per heavy atom. The highest BCUT2D eigenvalue weighted by atomic mass is 32.2. The summed E-state index contributed by atoms with van der Waals surface area (Å²) in [7, 11) is 0. The minimum atomic E-state index is -0.444. The Labute approximate surface area is 181 Å².